The summed E-state index contributed by atoms with van der Waals surface area (Å²) in [5.74, 6) is 0. The maximum Gasteiger partial charge on any atom is 0.292 e. The molecule has 0 N–H and O–H groups in total. The minimum atomic E-state index is -0.285. The van der Waals surface area contributed by atoms with Crippen LogP contribution in [0.1, 0.15) is 18.4 Å². The van der Waals surface area contributed by atoms with Crippen LogP contribution in [0.25, 0.3) is 0 Å². The number of benzene rings is 1. The van der Waals surface area contributed by atoms with E-state index in [1.54, 1.807) is 6.07 Å². The fourth-order valence-electron chi connectivity index (χ4n) is 2.68. The van der Waals surface area contributed by atoms with Crippen LogP contribution in [0.3, 0.4) is 0 Å². The molecular formula is C14H20BrN3O2. The van der Waals surface area contributed by atoms with Crippen LogP contribution >= 0.6 is 15.9 Å². The van der Waals surface area contributed by atoms with E-state index in [4.69, 9.17) is 0 Å². The number of anilines is 1. The van der Waals surface area contributed by atoms with Crippen molar-refractivity contribution in [2.75, 3.05) is 32.1 Å². The third-order valence-electron chi connectivity index (χ3n) is 4.01. The Morgan fingerprint density at radius 2 is 2.10 bits per heavy atom. The highest BCUT2D eigenvalue weighted by molar-refractivity contribution is 9.08. The number of nitro benzene ring substituents is 1. The van der Waals surface area contributed by atoms with E-state index in [1.165, 1.54) is 0 Å². The molecule has 1 heterocycles. The second-order valence-corrected chi connectivity index (χ2v) is 5.92. The van der Waals surface area contributed by atoms with Crippen molar-refractivity contribution in [3.05, 3.63) is 33.9 Å². The summed E-state index contributed by atoms with van der Waals surface area (Å²) in [6, 6.07) is 5.85. The summed E-state index contributed by atoms with van der Waals surface area (Å²) >= 11 is 3.34. The normalized spacial score (nSPS) is 17.1. The lowest BCUT2D eigenvalue weighted by molar-refractivity contribution is -0.384. The summed E-state index contributed by atoms with van der Waals surface area (Å²) in [4.78, 5) is 15.4. The monoisotopic (exact) mass is 341 g/mol. The molecule has 0 aromatic heterocycles. The van der Waals surface area contributed by atoms with Gasteiger partial charge in [0.2, 0.25) is 0 Å². The minimum absolute atomic E-state index is 0.198. The Hall–Kier alpha value is -1.14. The molecule has 6 heteroatoms. The van der Waals surface area contributed by atoms with Gasteiger partial charge < -0.3 is 9.80 Å². The van der Waals surface area contributed by atoms with E-state index in [1.807, 2.05) is 19.2 Å². The van der Waals surface area contributed by atoms with E-state index < -0.39 is 0 Å². The number of hydrogen-bond donors (Lipinski definition) is 0. The van der Waals surface area contributed by atoms with Crippen molar-refractivity contribution in [2.45, 2.75) is 24.2 Å². The number of hydrogen-bond acceptors (Lipinski definition) is 4. The van der Waals surface area contributed by atoms with Gasteiger partial charge in [0.15, 0.2) is 0 Å². The van der Waals surface area contributed by atoms with Crippen molar-refractivity contribution in [3.8, 4) is 0 Å². The van der Waals surface area contributed by atoms with Crippen LogP contribution in [-0.4, -0.2) is 43.0 Å². The zero-order valence-corrected chi connectivity index (χ0v) is 13.5. The van der Waals surface area contributed by atoms with Crippen molar-refractivity contribution in [3.63, 3.8) is 0 Å². The van der Waals surface area contributed by atoms with E-state index >= 15 is 0 Å². The Bertz CT molecular complexity index is 487. The third kappa shape index (κ3) is 3.30. The Labute approximate surface area is 127 Å². The van der Waals surface area contributed by atoms with Crippen LogP contribution in [-0.2, 0) is 5.33 Å². The topological polar surface area (TPSA) is 49.6 Å². The molecule has 0 unspecified atom stereocenters. The summed E-state index contributed by atoms with van der Waals surface area (Å²) in [5.41, 5.74) is 1.84. The second-order valence-electron chi connectivity index (χ2n) is 5.36. The maximum atomic E-state index is 11.3. The number of nitrogens with zero attached hydrogens (tertiary/aromatic N) is 3. The summed E-state index contributed by atoms with van der Waals surface area (Å²) in [6.07, 6.45) is 2.09. The smallest absolute Gasteiger partial charge is 0.292 e. The molecule has 0 aliphatic carbocycles. The van der Waals surface area contributed by atoms with Crippen LogP contribution in [0, 0.1) is 10.1 Å². The predicted molar refractivity (Wildman–Crippen MR) is 84.6 cm³/mol. The summed E-state index contributed by atoms with van der Waals surface area (Å²) in [7, 11) is 4.08. The average molecular weight is 342 g/mol. The molecule has 0 atom stereocenters. The van der Waals surface area contributed by atoms with E-state index in [0.29, 0.717) is 17.1 Å². The molecule has 20 heavy (non-hydrogen) atoms. The fraction of sp³-hybridized carbons (Fsp3) is 0.571. The van der Waals surface area contributed by atoms with Crippen molar-refractivity contribution in [1.82, 2.24) is 4.90 Å². The molecule has 1 aliphatic heterocycles. The second kappa shape index (κ2) is 6.54. The van der Waals surface area contributed by atoms with Gasteiger partial charge in [-0.25, -0.2) is 0 Å². The lowest BCUT2D eigenvalue weighted by Gasteiger charge is -2.36. The molecule has 1 aromatic carbocycles. The van der Waals surface area contributed by atoms with Crippen molar-refractivity contribution < 1.29 is 4.92 Å². The highest BCUT2D eigenvalue weighted by atomic mass is 79.9. The van der Waals surface area contributed by atoms with Gasteiger partial charge in [0.1, 0.15) is 5.69 Å². The van der Waals surface area contributed by atoms with Gasteiger partial charge in [0.25, 0.3) is 5.69 Å². The standard InChI is InChI=1S/C14H20BrN3O2/c1-16-7-5-12(6-8-16)17(2)13-4-3-11(10-15)9-14(13)18(19)20/h3-4,9,12H,5-8,10H2,1-2H3. The van der Waals surface area contributed by atoms with Gasteiger partial charge in [-0.05, 0) is 44.6 Å². The van der Waals surface area contributed by atoms with E-state index in [9.17, 15) is 10.1 Å². The van der Waals surface area contributed by atoms with Gasteiger partial charge in [0.05, 0.1) is 4.92 Å². The number of likely N-dealkylation sites (tertiary alicyclic amines) is 1. The summed E-state index contributed by atoms with van der Waals surface area (Å²) in [5, 5.41) is 11.9. The van der Waals surface area contributed by atoms with Gasteiger partial charge in [-0.2, -0.15) is 0 Å². The van der Waals surface area contributed by atoms with E-state index in [0.717, 1.165) is 31.5 Å². The fourth-order valence-corrected chi connectivity index (χ4v) is 3.02. The number of alkyl halides is 1. The average Bonchev–Trinajstić information content (AvgIpc) is 2.46. The Morgan fingerprint density at radius 1 is 1.45 bits per heavy atom. The third-order valence-corrected chi connectivity index (χ3v) is 4.65. The SMILES string of the molecule is CN1CCC(N(C)c2ccc(CBr)cc2[N+](=O)[O-])CC1. The maximum absolute atomic E-state index is 11.3. The molecule has 0 amide bonds. The zero-order valence-electron chi connectivity index (χ0n) is 11.9. The minimum Gasteiger partial charge on any atom is -0.366 e. The molecule has 5 nitrogen and oxygen atoms in total. The largest absolute Gasteiger partial charge is 0.366 e. The number of piperidine rings is 1. The quantitative estimate of drug-likeness (QED) is 0.479. The number of nitro groups is 1. The molecule has 110 valence electrons. The first-order chi connectivity index (χ1) is 9.52. The van der Waals surface area contributed by atoms with Crippen LogP contribution in [0.5, 0.6) is 0 Å². The molecular weight excluding hydrogens is 322 g/mol. The van der Waals surface area contributed by atoms with Crippen molar-refractivity contribution >= 4 is 27.3 Å². The zero-order chi connectivity index (χ0) is 14.7. The molecule has 1 aliphatic rings. The highest BCUT2D eigenvalue weighted by Gasteiger charge is 2.25. The van der Waals surface area contributed by atoms with E-state index in [2.05, 4.69) is 32.8 Å². The van der Waals surface area contributed by atoms with Crippen molar-refractivity contribution in [1.29, 1.82) is 0 Å². The number of rotatable bonds is 4. The lowest BCUT2D eigenvalue weighted by Crippen LogP contribution is -2.42. The Balaban J connectivity index is 2.24. The van der Waals surface area contributed by atoms with Gasteiger partial charge in [-0.15, -0.1) is 0 Å². The van der Waals surface area contributed by atoms with Crippen LogP contribution < -0.4 is 4.90 Å². The first kappa shape index (κ1) is 15.3. The molecule has 1 fully saturated rings. The summed E-state index contributed by atoms with van der Waals surface area (Å²) < 4.78 is 0. The summed E-state index contributed by atoms with van der Waals surface area (Å²) in [6.45, 7) is 2.09. The van der Waals surface area contributed by atoms with Crippen molar-refractivity contribution in [2.24, 2.45) is 0 Å². The number of halogens is 1. The Morgan fingerprint density at radius 3 is 2.65 bits per heavy atom. The molecule has 0 spiro atoms. The van der Waals surface area contributed by atoms with Gasteiger partial charge >= 0.3 is 0 Å². The van der Waals surface area contributed by atoms with Gasteiger partial charge in [-0.3, -0.25) is 10.1 Å². The van der Waals surface area contributed by atoms with Gasteiger partial charge in [0, 0.05) is 24.5 Å². The first-order valence-electron chi connectivity index (χ1n) is 6.77. The van der Waals surface area contributed by atoms with Crippen LogP contribution in [0.2, 0.25) is 0 Å². The molecule has 1 aromatic rings. The molecule has 2 rings (SSSR count). The van der Waals surface area contributed by atoms with Gasteiger partial charge in [-0.1, -0.05) is 22.0 Å². The van der Waals surface area contributed by atoms with Crippen LogP contribution in [0.4, 0.5) is 11.4 Å². The predicted octanol–water partition coefficient (Wildman–Crippen LogP) is 3.02. The lowest BCUT2D eigenvalue weighted by atomic mass is 10.0. The van der Waals surface area contributed by atoms with Crippen LogP contribution in [0.15, 0.2) is 18.2 Å². The highest BCUT2D eigenvalue weighted by Crippen LogP contribution is 2.32. The molecule has 0 saturated carbocycles. The molecule has 0 radical (unpaired) electrons. The molecule has 0 bridgehead atoms. The molecule has 1 saturated heterocycles. The Kier molecular flexibility index (Phi) is 4.99. The van der Waals surface area contributed by atoms with E-state index in [-0.39, 0.29) is 10.6 Å². The first-order valence-corrected chi connectivity index (χ1v) is 7.89.